The number of guanidine groups is 1. The highest BCUT2D eigenvalue weighted by atomic mass is 32.2. The Hall–Kier alpha value is -1.24. The summed E-state index contributed by atoms with van der Waals surface area (Å²) in [5, 5.41) is 17.4. The maximum atomic E-state index is 10.5. The van der Waals surface area contributed by atoms with Crippen molar-refractivity contribution in [1.82, 2.24) is 15.5 Å². The van der Waals surface area contributed by atoms with Gasteiger partial charge in [-0.25, -0.2) is 0 Å². The summed E-state index contributed by atoms with van der Waals surface area (Å²) < 4.78 is 0. The number of benzene rings is 1. The molecule has 5 nitrogen and oxygen atoms in total. The van der Waals surface area contributed by atoms with Gasteiger partial charge in [0.15, 0.2) is 5.96 Å². The van der Waals surface area contributed by atoms with E-state index in [9.17, 15) is 5.11 Å². The van der Waals surface area contributed by atoms with E-state index in [-0.39, 0.29) is 0 Å². The number of hydrogen-bond donors (Lipinski definition) is 3. The Morgan fingerprint density at radius 2 is 2.11 bits per heavy atom. The number of aliphatic imine (C=N–C) groups is 1. The zero-order valence-corrected chi connectivity index (χ0v) is 17.5. The van der Waals surface area contributed by atoms with E-state index in [0.29, 0.717) is 12.6 Å². The van der Waals surface area contributed by atoms with E-state index < -0.39 is 5.60 Å². The molecule has 3 rings (SSSR count). The molecule has 0 aliphatic carbocycles. The largest absolute Gasteiger partial charge is 0.387 e. The lowest BCUT2D eigenvalue weighted by atomic mass is 10.0. The molecule has 0 amide bonds. The third-order valence-electron chi connectivity index (χ3n) is 5.54. The van der Waals surface area contributed by atoms with E-state index in [1.54, 1.807) is 0 Å². The summed E-state index contributed by atoms with van der Waals surface area (Å²) in [4.78, 5) is 7.22. The number of thioether (sulfide) groups is 1. The lowest BCUT2D eigenvalue weighted by molar-refractivity contribution is 0.0778. The summed E-state index contributed by atoms with van der Waals surface area (Å²) in [5.41, 5.74) is 2.19. The Balaban J connectivity index is 1.48. The van der Waals surface area contributed by atoms with Gasteiger partial charge >= 0.3 is 0 Å². The Kier molecular flexibility index (Phi) is 7.44. The highest BCUT2D eigenvalue weighted by molar-refractivity contribution is 7.99. The van der Waals surface area contributed by atoms with Crippen molar-refractivity contribution < 1.29 is 5.11 Å². The van der Waals surface area contributed by atoms with Crippen LogP contribution in [-0.4, -0.2) is 65.3 Å². The second-order valence-electron chi connectivity index (χ2n) is 7.84. The molecule has 1 aromatic carbocycles. The Morgan fingerprint density at radius 3 is 2.78 bits per heavy atom. The van der Waals surface area contributed by atoms with Crippen LogP contribution in [0.3, 0.4) is 0 Å². The highest BCUT2D eigenvalue weighted by Gasteiger charge is 2.31. The third-order valence-corrected chi connectivity index (χ3v) is 6.78. The number of likely N-dealkylation sites (tertiary alicyclic amines) is 1. The summed E-state index contributed by atoms with van der Waals surface area (Å²) in [5.74, 6) is 2.68. The predicted octanol–water partition coefficient (Wildman–Crippen LogP) is 2.38. The number of nitrogens with one attached hydrogen (secondary N) is 2. The molecule has 2 saturated heterocycles. The van der Waals surface area contributed by atoms with Crippen LogP contribution >= 0.6 is 11.8 Å². The zero-order chi connectivity index (χ0) is 19.1. The zero-order valence-electron chi connectivity index (χ0n) is 16.7. The van der Waals surface area contributed by atoms with Crippen molar-refractivity contribution in [2.24, 2.45) is 4.99 Å². The number of hydrogen-bond acceptors (Lipinski definition) is 4. The molecule has 2 fully saturated rings. The summed E-state index contributed by atoms with van der Waals surface area (Å²) >= 11 is 1.82. The lowest BCUT2D eigenvalue weighted by Crippen LogP contribution is -2.49. The van der Waals surface area contributed by atoms with Crippen molar-refractivity contribution in [3.8, 4) is 0 Å². The number of aliphatic hydroxyl groups is 1. The smallest absolute Gasteiger partial charge is 0.191 e. The average Bonchev–Trinajstić information content (AvgIpc) is 3.10. The van der Waals surface area contributed by atoms with Gasteiger partial charge in [0.05, 0.1) is 12.1 Å². The standard InChI is InChI=1S/C21H34N4OS/c1-3-22-20(23-15-21(26)10-13-27-16-21)24-19-8-11-25(12-9-19)14-18-7-5-4-6-17(18)2/h4-7,19,26H,3,8-16H2,1-2H3,(H2,22,23,24). The fraction of sp³-hybridized carbons (Fsp3) is 0.667. The van der Waals surface area contributed by atoms with E-state index >= 15 is 0 Å². The van der Waals surface area contributed by atoms with Crippen LogP contribution in [0.15, 0.2) is 29.3 Å². The van der Waals surface area contributed by atoms with Crippen LogP contribution in [0.2, 0.25) is 0 Å². The van der Waals surface area contributed by atoms with Crippen LogP contribution < -0.4 is 10.6 Å². The Morgan fingerprint density at radius 1 is 1.33 bits per heavy atom. The second-order valence-corrected chi connectivity index (χ2v) is 8.95. The molecule has 1 unspecified atom stereocenters. The Labute approximate surface area is 168 Å². The molecule has 0 radical (unpaired) electrons. The molecule has 150 valence electrons. The molecule has 0 bridgehead atoms. The fourth-order valence-electron chi connectivity index (χ4n) is 3.72. The topological polar surface area (TPSA) is 59.9 Å². The third kappa shape index (κ3) is 6.13. The van der Waals surface area contributed by atoms with Crippen molar-refractivity contribution in [2.45, 2.75) is 51.3 Å². The van der Waals surface area contributed by atoms with E-state index in [0.717, 1.165) is 62.9 Å². The van der Waals surface area contributed by atoms with E-state index in [1.807, 2.05) is 11.8 Å². The van der Waals surface area contributed by atoms with Crippen LogP contribution in [0.25, 0.3) is 0 Å². The maximum absolute atomic E-state index is 10.5. The molecular formula is C21H34N4OS. The summed E-state index contributed by atoms with van der Waals surface area (Å²) in [7, 11) is 0. The molecule has 0 spiro atoms. The van der Waals surface area contributed by atoms with Gasteiger partial charge in [-0.2, -0.15) is 11.8 Å². The van der Waals surface area contributed by atoms with Crippen LogP contribution in [0.5, 0.6) is 0 Å². The van der Waals surface area contributed by atoms with Crippen LogP contribution in [0, 0.1) is 6.92 Å². The lowest BCUT2D eigenvalue weighted by Gasteiger charge is -2.33. The fourth-order valence-corrected chi connectivity index (χ4v) is 5.01. The molecule has 0 aromatic heterocycles. The van der Waals surface area contributed by atoms with Crippen LogP contribution in [-0.2, 0) is 6.54 Å². The number of piperidine rings is 1. The molecule has 2 aliphatic rings. The van der Waals surface area contributed by atoms with E-state index in [1.165, 1.54) is 11.1 Å². The van der Waals surface area contributed by atoms with Gasteiger partial charge in [-0.3, -0.25) is 9.89 Å². The van der Waals surface area contributed by atoms with Gasteiger partial charge in [-0.1, -0.05) is 24.3 Å². The summed E-state index contributed by atoms with van der Waals surface area (Å²) in [6, 6.07) is 9.12. The summed E-state index contributed by atoms with van der Waals surface area (Å²) in [6.45, 7) is 8.85. The highest BCUT2D eigenvalue weighted by Crippen LogP contribution is 2.27. The first-order chi connectivity index (χ1) is 13.1. The van der Waals surface area contributed by atoms with Crippen molar-refractivity contribution >= 4 is 17.7 Å². The van der Waals surface area contributed by atoms with Gasteiger partial charge in [0.1, 0.15) is 0 Å². The van der Waals surface area contributed by atoms with E-state index in [4.69, 9.17) is 0 Å². The van der Waals surface area contributed by atoms with Crippen molar-refractivity contribution in [3.63, 3.8) is 0 Å². The molecule has 1 aromatic rings. The van der Waals surface area contributed by atoms with E-state index in [2.05, 4.69) is 58.6 Å². The monoisotopic (exact) mass is 390 g/mol. The first-order valence-electron chi connectivity index (χ1n) is 10.2. The van der Waals surface area contributed by atoms with Gasteiger partial charge in [0, 0.05) is 38.0 Å². The van der Waals surface area contributed by atoms with Crippen molar-refractivity contribution in [1.29, 1.82) is 0 Å². The first-order valence-corrected chi connectivity index (χ1v) is 11.4. The van der Waals surface area contributed by atoms with Gasteiger partial charge in [0.2, 0.25) is 0 Å². The van der Waals surface area contributed by atoms with Gasteiger partial charge in [-0.15, -0.1) is 0 Å². The average molecular weight is 391 g/mol. The molecule has 2 aliphatic heterocycles. The van der Waals surface area contributed by atoms with Crippen LogP contribution in [0.4, 0.5) is 0 Å². The molecule has 6 heteroatoms. The molecule has 2 heterocycles. The SMILES string of the molecule is CCNC(=NCC1(O)CCSC1)NC1CCN(Cc2ccccc2C)CC1. The minimum atomic E-state index is -0.621. The number of rotatable bonds is 6. The minimum Gasteiger partial charge on any atom is -0.387 e. The normalized spacial score (nSPS) is 24.9. The quantitative estimate of drug-likeness (QED) is 0.514. The first kappa shape index (κ1) is 20.5. The predicted molar refractivity (Wildman–Crippen MR) is 115 cm³/mol. The molecule has 3 N–H and O–H groups in total. The summed E-state index contributed by atoms with van der Waals surface area (Å²) in [6.07, 6.45) is 3.09. The molecular weight excluding hydrogens is 356 g/mol. The van der Waals surface area contributed by atoms with Crippen LogP contribution in [0.1, 0.15) is 37.3 Å². The second kappa shape index (κ2) is 9.80. The maximum Gasteiger partial charge on any atom is 0.191 e. The number of aryl methyl sites for hydroxylation is 1. The minimum absolute atomic E-state index is 0.448. The number of nitrogens with zero attached hydrogens (tertiary/aromatic N) is 2. The van der Waals surface area contributed by atoms with Gasteiger partial charge in [-0.05, 0) is 50.0 Å². The molecule has 1 atom stereocenters. The van der Waals surface area contributed by atoms with Crippen molar-refractivity contribution in [2.75, 3.05) is 37.7 Å². The Bertz CT molecular complexity index is 622. The van der Waals surface area contributed by atoms with Crippen molar-refractivity contribution in [3.05, 3.63) is 35.4 Å². The molecule has 27 heavy (non-hydrogen) atoms. The van der Waals surface area contributed by atoms with Gasteiger partial charge in [0.25, 0.3) is 0 Å². The molecule has 0 saturated carbocycles. The van der Waals surface area contributed by atoms with Gasteiger partial charge < -0.3 is 15.7 Å².